The van der Waals surface area contributed by atoms with E-state index in [1.165, 1.54) is 82.6 Å². The molecule has 0 atom stereocenters. The van der Waals surface area contributed by atoms with Gasteiger partial charge in [0, 0.05) is 38.8 Å². The van der Waals surface area contributed by atoms with Crippen molar-refractivity contribution < 1.29 is 0 Å². The maximum atomic E-state index is 2.47. The monoisotopic (exact) mass is 804 g/mol. The lowest BCUT2D eigenvalue weighted by atomic mass is 9.82. The van der Waals surface area contributed by atoms with Crippen molar-refractivity contribution in [3.05, 3.63) is 242 Å². The van der Waals surface area contributed by atoms with Gasteiger partial charge in [-0.3, -0.25) is 0 Å². The van der Waals surface area contributed by atoms with Gasteiger partial charge in [-0.15, -0.1) is 0 Å². The van der Waals surface area contributed by atoms with Crippen molar-refractivity contribution in [3.8, 4) is 50.2 Å². The van der Waals surface area contributed by atoms with E-state index in [1.807, 2.05) is 0 Å². The van der Waals surface area contributed by atoms with Crippen molar-refractivity contribution in [2.24, 2.45) is 0 Å². The quantitative estimate of drug-likeness (QED) is 0.156. The fourth-order valence-electron chi connectivity index (χ4n) is 10.3. The molecule has 0 aliphatic heterocycles. The molecule has 298 valence electrons. The summed E-state index contributed by atoms with van der Waals surface area (Å²) in [5.74, 6) is 0. The fraction of sp³-hybridized carbons (Fsp3) is 0.0492. The summed E-state index contributed by atoms with van der Waals surface area (Å²) in [6.45, 7) is 4.71. The molecule has 2 heteroatoms. The lowest BCUT2D eigenvalue weighted by Gasteiger charge is -2.28. The molecule has 0 amide bonds. The number of aromatic nitrogens is 1. The molecule has 1 heterocycles. The Morgan fingerprint density at radius 1 is 0.333 bits per heavy atom. The summed E-state index contributed by atoms with van der Waals surface area (Å²) in [6.07, 6.45) is 0. The standard InChI is InChI=1S/C61H44N2/c1-61(2)56-24-11-8-21-52(56)53-38-36-48(40-57(53)61)62(46-32-27-42(28-33-46)41-15-4-3-5-16-41)47-34-29-44(30-35-47)51-20-9-12-25-58(51)63-59-26-13-10-22-54(59)55-37-31-45(39-60(55)63)50-23-14-18-43-17-6-7-19-49(43)50/h3-40H,1-2H3. The normalized spacial score (nSPS) is 12.7. The van der Waals surface area contributed by atoms with Gasteiger partial charge in [-0.25, -0.2) is 0 Å². The second-order valence-electron chi connectivity index (χ2n) is 17.3. The Hall–Kier alpha value is -7.94. The Morgan fingerprint density at radius 3 is 1.70 bits per heavy atom. The van der Waals surface area contributed by atoms with E-state index >= 15 is 0 Å². The van der Waals surface area contributed by atoms with Gasteiger partial charge in [-0.1, -0.05) is 190 Å². The van der Waals surface area contributed by atoms with Gasteiger partial charge in [-0.05, 0) is 115 Å². The minimum atomic E-state index is -0.110. The Morgan fingerprint density at radius 2 is 0.889 bits per heavy atom. The Labute approximate surface area is 368 Å². The molecule has 1 aliphatic rings. The second-order valence-corrected chi connectivity index (χ2v) is 17.3. The SMILES string of the molecule is CC1(C)c2ccccc2-c2ccc(N(c3ccc(-c4ccccc4)cc3)c3ccc(-c4ccccc4-n4c5ccccc5c5ccc(-c6cccc7ccccc67)cc54)cc3)cc21. The molecule has 0 N–H and O–H groups in total. The van der Waals surface area contributed by atoms with Gasteiger partial charge in [0.05, 0.1) is 16.7 Å². The zero-order valence-corrected chi connectivity index (χ0v) is 35.3. The summed E-state index contributed by atoms with van der Waals surface area (Å²) in [5, 5.41) is 5.00. The molecule has 0 saturated carbocycles. The third kappa shape index (κ3) is 6.02. The van der Waals surface area contributed by atoms with Crippen molar-refractivity contribution in [2.45, 2.75) is 19.3 Å². The molecular weight excluding hydrogens is 761 g/mol. The van der Waals surface area contributed by atoms with Crippen LogP contribution in [0.4, 0.5) is 17.1 Å². The van der Waals surface area contributed by atoms with Gasteiger partial charge >= 0.3 is 0 Å². The van der Waals surface area contributed by atoms with E-state index in [9.17, 15) is 0 Å². The third-order valence-electron chi connectivity index (χ3n) is 13.4. The topological polar surface area (TPSA) is 8.17 Å². The van der Waals surface area contributed by atoms with Crippen molar-refractivity contribution >= 4 is 49.6 Å². The van der Waals surface area contributed by atoms with Gasteiger partial charge < -0.3 is 9.47 Å². The van der Waals surface area contributed by atoms with Crippen LogP contribution < -0.4 is 4.90 Å². The number of nitrogens with zero attached hydrogens (tertiary/aromatic N) is 2. The average Bonchev–Trinajstić information content (AvgIpc) is 3.79. The predicted molar refractivity (Wildman–Crippen MR) is 267 cm³/mol. The molecule has 0 spiro atoms. The predicted octanol–water partition coefficient (Wildman–Crippen LogP) is 16.7. The zero-order valence-electron chi connectivity index (χ0n) is 35.3. The summed E-state index contributed by atoms with van der Waals surface area (Å²) >= 11 is 0. The first-order chi connectivity index (χ1) is 31.0. The van der Waals surface area contributed by atoms with Gasteiger partial charge in [0.1, 0.15) is 0 Å². The van der Waals surface area contributed by atoms with E-state index in [2.05, 4.69) is 254 Å². The zero-order chi connectivity index (χ0) is 42.1. The molecule has 10 aromatic carbocycles. The van der Waals surface area contributed by atoms with Crippen LogP contribution in [-0.4, -0.2) is 4.57 Å². The third-order valence-corrected chi connectivity index (χ3v) is 13.4. The largest absolute Gasteiger partial charge is 0.310 e. The number of anilines is 3. The molecule has 0 fully saturated rings. The summed E-state index contributed by atoms with van der Waals surface area (Å²) in [7, 11) is 0. The fourth-order valence-corrected chi connectivity index (χ4v) is 10.3. The summed E-state index contributed by atoms with van der Waals surface area (Å²) in [6, 6.07) is 84.6. The molecule has 1 aromatic heterocycles. The highest BCUT2D eigenvalue weighted by molar-refractivity contribution is 6.11. The van der Waals surface area contributed by atoms with Gasteiger partial charge in [0.2, 0.25) is 0 Å². The molecule has 63 heavy (non-hydrogen) atoms. The van der Waals surface area contributed by atoms with Crippen LogP contribution in [0.3, 0.4) is 0 Å². The van der Waals surface area contributed by atoms with Crippen molar-refractivity contribution in [1.82, 2.24) is 4.57 Å². The molecule has 0 bridgehead atoms. The first-order valence-corrected chi connectivity index (χ1v) is 21.9. The van der Waals surface area contributed by atoms with Gasteiger partial charge in [0.15, 0.2) is 0 Å². The lowest BCUT2D eigenvalue weighted by Crippen LogP contribution is -2.16. The van der Waals surface area contributed by atoms with Crippen LogP contribution in [-0.2, 0) is 5.41 Å². The minimum Gasteiger partial charge on any atom is -0.310 e. The van der Waals surface area contributed by atoms with Crippen LogP contribution in [0.2, 0.25) is 0 Å². The molecule has 0 saturated heterocycles. The van der Waals surface area contributed by atoms with Crippen molar-refractivity contribution in [1.29, 1.82) is 0 Å². The van der Waals surface area contributed by atoms with Crippen molar-refractivity contribution in [3.63, 3.8) is 0 Å². The number of rotatable bonds is 7. The summed E-state index contributed by atoms with van der Waals surface area (Å²) in [5.41, 5.74) is 19.4. The highest BCUT2D eigenvalue weighted by atomic mass is 15.1. The molecule has 11 aromatic rings. The van der Waals surface area contributed by atoms with E-state index in [0.717, 1.165) is 28.3 Å². The first kappa shape index (κ1) is 36.9. The Kier molecular flexibility index (Phi) is 8.55. The maximum Gasteiger partial charge on any atom is 0.0547 e. The van der Waals surface area contributed by atoms with E-state index in [1.54, 1.807) is 0 Å². The maximum absolute atomic E-state index is 2.47. The van der Waals surface area contributed by atoms with E-state index < -0.39 is 0 Å². The highest BCUT2D eigenvalue weighted by Crippen LogP contribution is 2.51. The smallest absolute Gasteiger partial charge is 0.0547 e. The second kappa shape index (κ2) is 14.6. The number of hydrogen-bond donors (Lipinski definition) is 0. The molecule has 2 nitrogen and oxygen atoms in total. The van der Waals surface area contributed by atoms with Gasteiger partial charge in [-0.2, -0.15) is 0 Å². The van der Waals surface area contributed by atoms with E-state index in [-0.39, 0.29) is 5.41 Å². The van der Waals surface area contributed by atoms with Crippen LogP contribution in [0.15, 0.2) is 231 Å². The van der Waals surface area contributed by atoms with Crippen LogP contribution in [0.1, 0.15) is 25.0 Å². The van der Waals surface area contributed by atoms with Crippen LogP contribution in [0.5, 0.6) is 0 Å². The van der Waals surface area contributed by atoms with E-state index in [0.29, 0.717) is 0 Å². The number of benzene rings is 10. The Bertz CT molecular complexity index is 3510. The number of fused-ring (bicyclic) bond motifs is 7. The highest BCUT2D eigenvalue weighted by Gasteiger charge is 2.35. The first-order valence-electron chi connectivity index (χ1n) is 21.9. The molecule has 0 unspecified atom stereocenters. The van der Waals surface area contributed by atoms with Crippen molar-refractivity contribution in [2.75, 3.05) is 4.90 Å². The Balaban J connectivity index is 0.983. The number of hydrogen-bond acceptors (Lipinski definition) is 1. The summed E-state index contributed by atoms with van der Waals surface area (Å²) < 4.78 is 2.47. The molecule has 0 radical (unpaired) electrons. The molecule has 12 rings (SSSR count). The summed E-state index contributed by atoms with van der Waals surface area (Å²) in [4.78, 5) is 2.41. The van der Waals surface area contributed by atoms with Crippen LogP contribution in [0, 0.1) is 0 Å². The minimum absolute atomic E-state index is 0.110. The lowest BCUT2D eigenvalue weighted by molar-refractivity contribution is 0.660. The van der Waals surface area contributed by atoms with Crippen LogP contribution in [0.25, 0.3) is 82.8 Å². The molecular formula is C61H44N2. The molecule has 1 aliphatic carbocycles. The average molecular weight is 805 g/mol. The van der Waals surface area contributed by atoms with E-state index in [4.69, 9.17) is 0 Å². The number of para-hydroxylation sites is 2. The van der Waals surface area contributed by atoms with Crippen LogP contribution >= 0.6 is 0 Å². The van der Waals surface area contributed by atoms with Gasteiger partial charge in [0.25, 0.3) is 0 Å².